The summed E-state index contributed by atoms with van der Waals surface area (Å²) in [7, 11) is 1.63. The van der Waals surface area contributed by atoms with Crippen LogP contribution in [0.4, 0.5) is 14.5 Å². The van der Waals surface area contributed by atoms with Gasteiger partial charge in [0.2, 0.25) is 0 Å². The monoisotopic (exact) mass is 293 g/mol. The molecule has 3 nitrogen and oxygen atoms in total. The fraction of sp³-hybridized carbons (Fsp3) is 0.250. The number of para-hydroxylation sites is 1. The van der Waals surface area contributed by atoms with Gasteiger partial charge in [-0.3, -0.25) is 0 Å². The molecule has 0 heterocycles. The maximum atomic E-state index is 12.1. The Morgan fingerprint density at radius 2 is 1.67 bits per heavy atom. The third-order valence-electron chi connectivity index (χ3n) is 3.07. The summed E-state index contributed by atoms with van der Waals surface area (Å²) in [5.41, 5.74) is 1.84. The number of hydrogen-bond donors (Lipinski definition) is 1. The van der Waals surface area contributed by atoms with E-state index in [1.54, 1.807) is 19.2 Å². The zero-order chi connectivity index (χ0) is 15.2. The number of benzene rings is 2. The first-order valence-corrected chi connectivity index (χ1v) is 6.54. The molecule has 1 unspecified atom stereocenters. The van der Waals surface area contributed by atoms with E-state index in [2.05, 4.69) is 10.1 Å². The van der Waals surface area contributed by atoms with Gasteiger partial charge in [0.25, 0.3) is 0 Å². The highest BCUT2D eigenvalue weighted by Gasteiger charge is 2.11. The SMILES string of the molecule is COc1ccccc1C(C)Nc1ccc(OC(F)F)cc1. The van der Waals surface area contributed by atoms with Crippen molar-refractivity contribution in [3.8, 4) is 11.5 Å². The average molecular weight is 293 g/mol. The molecule has 0 saturated heterocycles. The summed E-state index contributed by atoms with van der Waals surface area (Å²) in [6, 6.07) is 14.1. The van der Waals surface area contributed by atoms with E-state index < -0.39 is 6.61 Å². The smallest absolute Gasteiger partial charge is 0.387 e. The van der Waals surface area contributed by atoms with Crippen LogP contribution in [0.5, 0.6) is 11.5 Å². The van der Waals surface area contributed by atoms with E-state index in [9.17, 15) is 8.78 Å². The molecule has 0 saturated carbocycles. The number of anilines is 1. The normalized spacial score (nSPS) is 12.0. The standard InChI is InChI=1S/C16H17F2NO2/c1-11(14-5-3-4-6-15(14)20-2)19-12-7-9-13(10-8-12)21-16(17)18/h3-11,16,19H,1-2H3. The minimum atomic E-state index is -2.81. The molecule has 1 N–H and O–H groups in total. The molecule has 112 valence electrons. The number of nitrogens with one attached hydrogen (secondary N) is 1. The van der Waals surface area contributed by atoms with Crippen LogP contribution in [0.25, 0.3) is 0 Å². The largest absolute Gasteiger partial charge is 0.496 e. The number of alkyl halides is 2. The van der Waals surface area contributed by atoms with Crippen molar-refractivity contribution in [3.63, 3.8) is 0 Å². The molecule has 0 amide bonds. The molecule has 0 aliphatic rings. The minimum absolute atomic E-state index is 0.0167. The Kier molecular flexibility index (Phi) is 4.98. The first-order chi connectivity index (χ1) is 10.1. The molecule has 0 spiro atoms. The van der Waals surface area contributed by atoms with Gasteiger partial charge in [0, 0.05) is 11.3 Å². The Bertz CT molecular complexity index is 573. The minimum Gasteiger partial charge on any atom is -0.496 e. The first-order valence-electron chi connectivity index (χ1n) is 6.54. The predicted molar refractivity (Wildman–Crippen MR) is 78.1 cm³/mol. The number of ether oxygens (including phenoxy) is 2. The van der Waals surface area contributed by atoms with Crippen molar-refractivity contribution in [2.24, 2.45) is 0 Å². The van der Waals surface area contributed by atoms with Gasteiger partial charge in [-0.25, -0.2) is 0 Å². The molecular weight excluding hydrogens is 276 g/mol. The third kappa shape index (κ3) is 4.08. The molecule has 21 heavy (non-hydrogen) atoms. The van der Waals surface area contributed by atoms with Gasteiger partial charge in [0.15, 0.2) is 0 Å². The Balaban J connectivity index is 2.07. The highest BCUT2D eigenvalue weighted by Crippen LogP contribution is 2.28. The third-order valence-corrected chi connectivity index (χ3v) is 3.07. The van der Waals surface area contributed by atoms with Crippen LogP contribution in [0, 0.1) is 0 Å². The van der Waals surface area contributed by atoms with Crippen molar-refractivity contribution in [2.45, 2.75) is 19.6 Å². The van der Waals surface area contributed by atoms with Crippen LogP contribution in [0.3, 0.4) is 0 Å². The van der Waals surface area contributed by atoms with Crippen LogP contribution in [0.15, 0.2) is 48.5 Å². The van der Waals surface area contributed by atoms with Crippen LogP contribution in [-0.4, -0.2) is 13.7 Å². The summed E-state index contributed by atoms with van der Waals surface area (Å²) in [6.07, 6.45) is 0. The van der Waals surface area contributed by atoms with Gasteiger partial charge >= 0.3 is 6.61 Å². The summed E-state index contributed by atoms with van der Waals surface area (Å²) in [5, 5.41) is 3.29. The van der Waals surface area contributed by atoms with Crippen molar-refractivity contribution < 1.29 is 18.3 Å². The average Bonchev–Trinajstić information content (AvgIpc) is 2.48. The Labute approximate surface area is 122 Å². The van der Waals surface area contributed by atoms with E-state index in [1.165, 1.54) is 12.1 Å². The maximum absolute atomic E-state index is 12.1. The van der Waals surface area contributed by atoms with Crippen molar-refractivity contribution in [2.75, 3.05) is 12.4 Å². The van der Waals surface area contributed by atoms with Crippen LogP contribution in [-0.2, 0) is 0 Å². The zero-order valence-electron chi connectivity index (χ0n) is 11.8. The number of methoxy groups -OCH3 is 1. The summed E-state index contributed by atoms with van der Waals surface area (Å²) in [4.78, 5) is 0. The quantitative estimate of drug-likeness (QED) is 0.852. The second-order valence-electron chi connectivity index (χ2n) is 4.51. The van der Waals surface area contributed by atoms with E-state index in [0.29, 0.717) is 0 Å². The van der Waals surface area contributed by atoms with Gasteiger partial charge in [-0.2, -0.15) is 8.78 Å². The van der Waals surface area contributed by atoms with Gasteiger partial charge in [-0.05, 0) is 37.3 Å². The molecule has 0 bridgehead atoms. The summed E-state index contributed by atoms with van der Waals surface area (Å²) >= 11 is 0. The van der Waals surface area contributed by atoms with Crippen molar-refractivity contribution >= 4 is 5.69 Å². The molecule has 2 aromatic rings. The van der Waals surface area contributed by atoms with Crippen molar-refractivity contribution in [1.82, 2.24) is 0 Å². The van der Waals surface area contributed by atoms with E-state index in [1.807, 2.05) is 31.2 Å². The Morgan fingerprint density at radius 1 is 1.00 bits per heavy atom. The lowest BCUT2D eigenvalue weighted by Gasteiger charge is -2.18. The molecule has 0 aliphatic heterocycles. The van der Waals surface area contributed by atoms with E-state index in [-0.39, 0.29) is 11.8 Å². The predicted octanol–water partition coefficient (Wildman–Crippen LogP) is 4.47. The summed E-state index contributed by atoms with van der Waals surface area (Å²) in [5.74, 6) is 0.940. The second kappa shape index (κ2) is 6.92. The van der Waals surface area contributed by atoms with Crippen LogP contribution >= 0.6 is 0 Å². The van der Waals surface area contributed by atoms with Gasteiger partial charge in [0.05, 0.1) is 13.2 Å². The molecule has 0 aromatic heterocycles. The second-order valence-corrected chi connectivity index (χ2v) is 4.51. The fourth-order valence-electron chi connectivity index (χ4n) is 2.08. The van der Waals surface area contributed by atoms with Gasteiger partial charge < -0.3 is 14.8 Å². The molecule has 2 aromatic carbocycles. The van der Waals surface area contributed by atoms with Crippen LogP contribution in [0.1, 0.15) is 18.5 Å². The summed E-state index contributed by atoms with van der Waals surface area (Å²) < 4.78 is 33.8. The molecule has 5 heteroatoms. The number of rotatable bonds is 6. The van der Waals surface area contributed by atoms with Crippen LogP contribution < -0.4 is 14.8 Å². The molecule has 0 radical (unpaired) electrons. The van der Waals surface area contributed by atoms with Crippen LogP contribution in [0.2, 0.25) is 0 Å². The van der Waals surface area contributed by atoms with E-state index >= 15 is 0 Å². The molecule has 0 fully saturated rings. The zero-order valence-corrected chi connectivity index (χ0v) is 11.8. The highest BCUT2D eigenvalue weighted by molar-refractivity contribution is 5.49. The van der Waals surface area contributed by atoms with Gasteiger partial charge in [0.1, 0.15) is 11.5 Å². The lowest BCUT2D eigenvalue weighted by molar-refractivity contribution is -0.0498. The van der Waals surface area contributed by atoms with Crippen molar-refractivity contribution in [3.05, 3.63) is 54.1 Å². The van der Waals surface area contributed by atoms with E-state index in [4.69, 9.17) is 4.74 Å². The topological polar surface area (TPSA) is 30.5 Å². The fourth-order valence-corrected chi connectivity index (χ4v) is 2.08. The van der Waals surface area contributed by atoms with E-state index in [0.717, 1.165) is 17.0 Å². The Morgan fingerprint density at radius 3 is 2.29 bits per heavy atom. The molecule has 2 rings (SSSR count). The molecule has 1 atom stereocenters. The summed E-state index contributed by atoms with van der Waals surface area (Å²) in [6.45, 7) is -0.808. The highest BCUT2D eigenvalue weighted by atomic mass is 19.3. The van der Waals surface area contributed by atoms with Crippen molar-refractivity contribution in [1.29, 1.82) is 0 Å². The number of halogens is 2. The van der Waals surface area contributed by atoms with Gasteiger partial charge in [-0.1, -0.05) is 18.2 Å². The van der Waals surface area contributed by atoms with Gasteiger partial charge in [-0.15, -0.1) is 0 Å². The first kappa shape index (κ1) is 15.1. The maximum Gasteiger partial charge on any atom is 0.387 e. The lowest BCUT2D eigenvalue weighted by Crippen LogP contribution is -2.08. The number of hydrogen-bond acceptors (Lipinski definition) is 3. The molecular formula is C16H17F2NO2. The molecule has 0 aliphatic carbocycles. The lowest BCUT2D eigenvalue weighted by atomic mass is 10.1. The Hall–Kier alpha value is -2.30.